The summed E-state index contributed by atoms with van der Waals surface area (Å²) in [5, 5.41) is 3.22. The lowest BCUT2D eigenvalue weighted by molar-refractivity contribution is -0.157. The molecule has 0 aliphatic heterocycles. The van der Waals surface area contributed by atoms with E-state index < -0.39 is 33.4 Å². The Kier molecular flexibility index (Phi) is 6.62. The minimum atomic E-state index is -4.43. The van der Waals surface area contributed by atoms with Crippen molar-refractivity contribution in [1.82, 2.24) is 5.32 Å². The molecule has 0 saturated heterocycles. The molecule has 21 heavy (non-hydrogen) atoms. The van der Waals surface area contributed by atoms with Crippen LogP contribution in [0.1, 0.15) is 52.9 Å². The monoisotopic (exact) mass is 320 g/mol. The highest BCUT2D eigenvalue weighted by Crippen LogP contribution is 2.19. The molecule has 0 amide bonds. The molecule has 0 heterocycles. The summed E-state index contributed by atoms with van der Waals surface area (Å²) in [7, 11) is -4.43. The average Bonchev–Trinajstić information content (AvgIpc) is 2.34. The van der Waals surface area contributed by atoms with Crippen molar-refractivity contribution in [2.24, 2.45) is 5.41 Å². The number of ether oxygens (including phenoxy) is 1. The van der Waals surface area contributed by atoms with Crippen LogP contribution >= 0.6 is 0 Å². The molecule has 1 fully saturated rings. The summed E-state index contributed by atoms with van der Waals surface area (Å²) in [5.41, 5.74) is -0.726. The van der Waals surface area contributed by atoms with E-state index in [2.05, 4.69) is 5.32 Å². The Balaban J connectivity index is 2.57. The van der Waals surface area contributed by atoms with Crippen molar-refractivity contribution in [1.29, 1.82) is 0 Å². The van der Waals surface area contributed by atoms with Gasteiger partial charge >= 0.3 is 5.97 Å². The number of carbonyl (C=O) groups is 1. The van der Waals surface area contributed by atoms with Gasteiger partial charge in [0, 0.05) is 12.6 Å². The van der Waals surface area contributed by atoms with Gasteiger partial charge in [-0.05, 0) is 33.6 Å². The summed E-state index contributed by atoms with van der Waals surface area (Å²) in [5.74, 6) is -1.18. The average molecular weight is 320 g/mol. The maximum Gasteiger partial charge on any atom is 0.311 e. The fourth-order valence-corrected chi connectivity index (χ4v) is 2.94. The number of hydrogen-bond donors (Lipinski definition) is 1. The molecule has 1 N–H and O–H groups in total. The van der Waals surface area contributed by atoms with Crippen molar-refractivity contribution in [3.05, 3.63) is 0 Å². The molecule has 1 atom stereocenters. The van der Waals surface area contributed by atoms with Gasteiger partial charge in [0.2, 0.25) is 0 Å². The molecule has 0 aromatic rings. The van der Waals surface area contributed by atoms with Gasteiger partial charge in [0.15, 0.2) is 0 Å². The smallest absolute Gasteiger partial charge is 0.311 e. The van der Waals surface area contributed by atoms with Gasteiger partial charge in [0.05, 0.1) is 21.3 Å². The maximum absolute atomic E-state index is 11.9. The zero-order valence-electron chi connectivity index (χ0n) is 13.1. The molecule has 0 radical (unpaired) electrons. The second-order valence-electron chi connectivity index (χ2n) is 6.74. The van der Waals surface area contributed by atoms with E-state index in [0.717, 1.165) is 25.7 Å². The fourth-order valence-electron chi connectivity index (χ4n) is 2.30. The Bertz CT molecular complexity index is 435. The molecule has 1 aliphatic rings. The minimum Gasteiger partial charge on any atom is -0.748 e. The number of carbonyl (C=O) groups excluding carboxylic acids is 1. The quantitative estimate of drug-likeness (QED) is 0.587. The Morgan fingerprint density at radius 2 is 1.86 bits per heavy atom. The topological polar surface area (TPSA) is 95.5 Å². The first kappa shape index (κ1) is 18.4. The van der Waals surface area contributed by atoms with Gasteiger partial charge in [-0.25, -0.2) is 8.42 Å². The first-order chi connectivity index (χ1) is 9.58. The summed E-state index contributed by atoms with van der Waals surface area (Å²) in [6.45, 7) is 5.26. The van der Waals surface area contributed by atoms with Crippen LogP contribution in [0.4, 0.5) is 0 Å². The standard InChI is InChI=1S/C14H27NO5S/c1-14(2,3)13(16)20-12(10-21(17,18)19)9-15-11-7-5-4-6-8-11/h11-12,15H,4-10H2,1-3H3,(H,17,18,19)/p-1. The van der Waals surface area contributed by atoms with Crippen molar-refractivity contribution in [3.63, 3.8) is 0 Å². The third-order valence-electron chi connectivity index (χ3n) is 3.52. The number of nitrogens with one attached hydrogen (secondary N) is 1. The second kappa shape index (κ2) is 7.56. The summed E-state index contributed by atoms with van der Waals surface area (Å²) in [6.07, 6.45) is 4.64. The third kappa shape index (κ3) is 7.78. The van der Waals surface area contributed by atoms with Crippen LogP contribution in [-0.4, -0.2) is 43.4 Å². The Labute approximate surface area is 127 Å². The molecular weight excluding hydrogens is 294 g/mol. The highest BCUT2D eigenvalue weighted by Gasteiger charge is 2.27. The van der Waals surface area contributed by atoms with Crippen molar-refractivity contribution in [2.45, 2.75) is 65.0 Å². The SMILES string of the molecule is CC(C)(C)C(=O)OC(CNC1CCCCC1)CS(=O)(=O)[O-]. The van der Waals surface area contributed by atoms with Gasteiger partial charge in [-0.1, -0.05) is 19.3 Å². The van der Waals surface area contributed by atoms with Crippen molar-refractivity contribution in [3.8, 4) is 0 Å². The molecule has 6 nitrogen and oxygen atoms in total. The lowest BCUT2D eigenvalue weighted by Gasteiger charge is -2.28. The van der Waals surface area contributed by atoms with Crippen LogP contribution in [0.15, 0.2) is 0 Å². The fraction of sp³-hybridized carbons (Fsp3) is 0.929. The lowest BCUT2D eigenvalue weighted by Crippen LogP contribution is -2.43. The van der Waals surface area contributed by atoms with E-state index in [-0.39, 0.29) is 6.54 Å². The largest absolute Gasteiger partial charge is 0.748 e. The number of hydrogen-bond acceptors (Lipinski definition) is 6. The molecule has 124 valence electrons. The highest BCUT2D eigenvalue weighted by atomic mass is 32.2. The van der Waals surface area contributed by atoms with E-state index in [1.165, 1.54) is 6.42 Å². The van der Waals surface area contributed by atoms with E-state index in [9.17, 15) is 17.8 Å². The van der Waals surface area contributed by atoms with E-state index in [1.807, 2.05) is 0 Å². The lowest BCUT2D eigenvalue weighted by atomic mass is 9.95. The Morgan fingerprint density at radius 3 is 2.33 bits per heavy atom. The summed E-state index contributed by atoms with van der Waals surface area (Å²) >= 11 is 0. The number of esters is 1. The molecule has 0 bridgehead atoms. The van der Waals surface area contributed by atoms with Gasteiger partial charge in [-0.3, -0.25) is 4.79 Å². The normalized spacial score (nSPS) is 19.2. The van der Waals surface area contributed by atoms with Gasteiger partial charge in [0.1, 0.15) is 6.10 Å². The summed E-state index contributed by atoms with van der Waals surface area (Å²) in [6, 6.07) is 0.309. The molecule has 0 aromatic heterocycles. The van der Waals surface area contributed by atoms with Crippen LogP contribution in [0.3, 0.4) is 0 Å². The summed E-state index contributed by atoms with van der Waals surface area (Å²) < 4.78 is 38.0. The van der Waals surface area contributed by atoms with E-state index in [0.29, 0.717) is 6.04 Å². The maximum atomic E-state index is 11.9. The van der Waals surface area contributed by atoms with Crippen molar-refractivity contribution < 1.29 is 22.5 Å². The van der Waals surface area contributed by atoms with Crippen molar-refractivity contribution >= 4 is 16.1 Å². The Hall–Kier alpha value is -0.660. The minimum absolute atomic E-state index is 0.202. The van der Waals surface area contributed by atoms with Crippen LogP contribution in [0.2, 0.25) is 0 Å². The first-order valence-corrected chi connectivity index (χ1v) is 9.04. The third-order valence-corrected chi connectivity index (χ3v) is 4.30. The molecular formula is C14H26NO5S-. The highest BCUT2D eigenvalue weighted by molar-refractivity contribution is 7.85. The molecule has 1 rings (SSSR count). The molecule has 0 aromatic carbocycles. The van der Waals surface area contributed by atoms with Crippen LogP contribution in [0.5, 0.6) is 0 Å². The van der Waals surface area contributed by atoms with Gasteiger partial charge in [-0.15, -0.1) is 0 Å². The predicted molar refractivity (Wildman–Crippen MR) is 78.8 cm³/mol. The molecule has 0 spiro atoms. The van der Waals surface area contributed by atoms with Gasteiger partial charge in [0.25, 0.3) is 0 Å². The summed E-state index contributed by atoms with van der Waals surface area (Å²) in [4.78, 5) is 11.9. The van der Waals surface area contributed by atoms with Gasteiger partial charge < -0.3 is 14.6 Å². The Morgan fingerprint density at radius 1 is 1.29 bits per heavy atom. The zero-order valence-corrected chi connectivity index (χ0v) is 13.9. The van der Waals surface area contributed by atoms with Crippen LogP contribution in [-0.2, 0) is 19.6 Å². The molecule has 1 aliphatic carbocycles. The molecule has 1 unspecified atom stereocenters. The van der Waals surface area contributed by atoms with Crippen LogP contribution in [0, 0.1) is 5.41 Å². The predicted octanol–water partition coefficient (Wildman–Crippen LogP) is 1.41. The van der Waals surface area contributed by atoms with Crippen LogP contribution < -0.4 is 5.32 Å². The van der Waals surface area contributed by atoms with Crippen LogP contribution in [0.25, 0.3) is 0 Å². The van der Waals surface area contributed by atoms with Crippen molar-refractivity contribution in [2.75, 3.05) is 12.3 Å². The number of rotatable bonds is 6. The first-order valence-electron chi connectivity index (χ1n) is 7.46. The van der Waals surface area contributed by atoms with E-state index >= 15 is 0 Å². The zero-order chi connectivity index (χ0) is 16.1. The van der Waals surface area contributed by atoms with E-state index in [4.69, 9.17) is 4.74 Å². The van der Waals surface area contributed by atoms with E-state index in [1.54, 1.807) is 20.8 Å². The second-order valence-corrected chi connectivity index (χ2v) is 8.19. The molecule has 1 saturated carbocycles. The van der Waals surface area contributed by atoms with Gasteiger partial charge in [-0.2, -0.15) is 0 Å². The molecule has 7 heteroatoms.